The smallest absolute Gasteiger partial charge is 0.249 e. The van der Waals surface area contributed by atoms with Gasteiger partial charge in [-0.25, -0.2) is 0 Å². The molecule has 32 heavy (non-hydrogen) atoms. The van der Waals surface area contributed by atoms with Crippen molar-refractivity contribution in [2.45, 2.75) is 26.5 Å². The zero-order chi connectivity index (χ0) is 22.2. The van der Waals surface area contributed by atoms with Gasteiger partial charge in [0.15, 0.2) is 0 Å². The van der Waals surface area contributed by atoms with Crippen molar-refractivity contribution in [1.29, 1.82) is 0 Å². The Morgan fingerprint density at radius 2 is 1.94 bits per heavy atom. The summed E-state index contributed by atoms with van der Waals surface area (Å²) >= 11 is 0. The number of hydrogen-bond acceptors (Lipinski definition) is 6. The minimum absolute atomic E-state index is 0.0199. The van der Waals surface area contributed by atoms with Crippen molar-refractivity contribution in [3.05, 3.63) is 95.8 Å². The van der Waals surface area contributed by atoms with E-state index in [2.05, 4.69) is 10.1 Å². The molecule has 2 aromatic carbocycles. The first-order chi connectivity index (χ1) is 15.7. The third kappa shape index (κ3) is 5.92. The number of amides is 1. The Bertz CT molecular complexity index is 1120. The molecule has 0 radical (unpaired) electrons. The molecule has 0 aliphatic rings. The maximum Gasteiger partial charge on any atom is 0.249 e. The summed E-state index contributed by atoms with van der Waals surface area (Å²) < 4.78 is 16.5. The molecular formula is C25H25N3O4. The van der Waals surface area contributed by atoms with Gasteiger partial charge in [-0.2, -0.15) is 4.98 Å². The summed E-state index contributed by atoms with van der Waals surface area (Å²) in [6, 6.07) is 21.3. The van der Waals surface area contributed by atoms with Crippen LogP contribution in [0.3, 0.4) is 0 Å². The largest absolute Gasteiger partial charge is 0.467 e. The molecule has 2 heterocycles. The zero-order valence-corrected chi connectivity index (χ0v) is 17.9. The van der Waals surface area contributed by atoms with Crippen molar-refractivity contribution in [1.82, 2.24) is 15.0 Å². The van der Waals surface area contributed by atoms with Crippen LogP contribution in [0, 0.1) is 6.92 Å². The van der Waals surface area contributed by atoms with Crippen LogP contribution in [0.25, 0.3) is 11.4 Å². The van der Waals surface area contributed by atoms with Gasteiger partial charge in [-0.05, 0) is 30.7 Å². The van der Waals surface area contributed by atoms with Crippen molar-refractivity contribution in [3.8, 4) is 11.4 Å². The SMILES string of the molecule is Cc1cccc(-c2noc(CCN(Cc3ccco3)C(=O)COCc3ccccc3)n2)c1. The third-order valence-corrected chi connectivity index (χ3v) is 4.96. The molecule has 1 amide bonds. The lowest BCUT2D eigenvalue weighted by Gasteiger charge is -2.21. The minimum atomic E-state index is -0.129. The van der Waals surface area contributed by atoms with Crippen LogP contribution in [0.5, 0.6) is 0 Å². The predicted molar refractivity (Wildman–Crippen MR) is 118 cm³/mol. The van der Waals surface area contributed by atoms with Gasteiger partial charge in [-0.1, -0.05) is 59.3 Å². The average Bonchev–Trinajstić information content (AvgIpc) is 3.49. The van der Waals surface area contributed by atoms with Crippen molar-refractivity contribution in [3.63, 3.8) is 0 Å². The van der Waals surface area contributed by atoms with E-state index in [1.165, 1.54) is 0 Å². The average molecular weight is 431 g/mol. The summed E-state index contributed by atoms with van der Waals surface area (Å²) in [6.07, 6.45) is 2.03. The summed E-state index contributed by atoms with van der Waals surface area (Å²) in [4.78, 5) is 19.0. The second-order valence-electron chi connectivity index (χ2n) is 7.50. The van der Waals surface area contributed by atoms with Gasteiger partial charge >= 0.3 is 0 Å². The quantitative estimate of drug-likeness (QED) is 0.370. The van der Waals surface area contributed by atoms with Gasteiger partial charge in [0.05, 0.1) is 19.4 Å². The first-order valence-electron chi connectivity index (χ1n) is 10.5. The molecule has 164 valence electrons. The number of benzene rings is 2. The van der Waals surface area contributed by atoms with Crippen molar-refractivity contribution in [2.75, 3.05) is 13.2 Å². The maximum atomic E-state index is 12.8. The Morgan fingerprint density at radius 1 is 1.06 bits per heavy atom. The maximum absolute atomic E-state index is 12.8. The number of aryl methyl sites for hydroxylation is 1. The molecule has 0 atom stereocenters. The van der Waals surface area contributed by atoms with Crippen LogP contribution >= 0.6 is 0 Å². The molecule has 0 bridgehead atoms. The summed E-state index contributed by atoms with van der Waals surface area (Å²) in [6.45, 7) is 3.13. The standard InChI is InChI=1S/C25H25N3O4/c1-19-7-5-10-21(15-19)25-26-23(32-27-25)12-13-28(16-22-11-6-14-31-22)24(29)18-30-17-20-8-3-2-4-9-20/h2-11,14-15H,12-13,16-18H2,1H3. The molecule has 7 nitrogen and oxygen atoms in total. The van der Waals surface area contributed by atoms with Gasteiger partial charge in [-0.15, -0.1) is 0 Å². The number of aromatic nitrogens is 2. The molecule has 2 aromatic heterocycles. The van der Waals surface area contributed by atoms with Crippen molar-refractivity contribution >= 4 is 5.91 Å². The van der Waals surface area contributed by atoms with E-state index in [-0.39, 0.29) is 12.5 Å². The monoisotopic (exact) mass is 431 g/mol. The number of furan rings is 1. The summed E-state index contributed by atoms with van der Waals surface area (Å²) in [5, 5.41) is 4.08. The second kappa shape index (κ2) is 10.5. The van der Waals surface area contributed by atoms with Crippen LogP contribution in [-0.2, 0) is 29.1 Å². The molecule has 7 heteroatoms. The Kier molecular flexibility index (Phi) is 7.09. The fourth-order valence-corrected chi connectivity index (χ4v) is 3.29. The Labute approximate surface area is 186 Å². The van der Waals surface area contributed by atoms with E-state index in [1.807, 2.05) is 67.6 Å². The molecule has 4 rings (SSSR count). The number of carbonyl (C=O) groups excluding carboxylic acids is 1. The highest BCUT2D eigenvalue weighted by molar-refractivity contribution is 5.77. The van der Waals surface area contributed by atoms with Gasteiger partial charge in [0.2, 0.25) is 17.6 Å². The topological polar surface area (TPSA) is 81.6 Å². The van der Waals surface area contributed by atoms with Crippen LogP contribution in [0.1, 0.15) is 22.8 Å². The minimum Gasteiger partial charge on any atom is -0.467 e. The highest BCUT2D eigenvalue weighted by atomic mass is 16.5. The highest BCUT2D eigenvalue weighted by Crippen LogP contribution is 2.17. The van der Waals surface area contributed by atoms with Crippen molar-refractivity contribution < 1.29 is 18.5 Å². The molecule has 0 aliphatic heterocycles. The van der Waals surface area contributed by atoms with Crippen LogP contribution < -0.4 is 0 Å². The van der Waals surface area contributed by atoms with Gasteiger partial charge in [0, 0.05) is 18.5 Å². The van der Waals surface area contributed by atoms with Gasteiger partial charge in [0.1, 0.15) is 12.4 Å². The van der Waals surface area contributed by atoms with Gasteiger partial charge in [0.25, 0.3) is 0 Å². The number of nitrogens with zero attached hydrogens (tertiary/aromatic N) is 3. The molecule has 0 N–H and O–H groups in total. The number of carbonyl (C=O) groups is 1. The fourth-order valence-electron chi connectivity index (χ4n) is 3.29. The molecule has 0 unspecified atom stereocenters. The summed E-state index contributed by atoms with van der Waals surface area (Å²) in [5.74, 6) is 1.59. The van der Waals surface area contributed by atoms with Crippen LogP contribution in [-0.4, -0.2) is 34.1 Å². The lowest BCUT2D eigenvalue weighted by molar-refractivity contribution is -0.137. The lowest BCUT2D eigenvalue weighted by Crippen LogP contribution is -2.35. The normalized spacial score (nSPS) is 10.9. The van der Waals surface area contributed by atoms with E-state index >= 15 is 0 Å². The molecule has 0 fully saturated rings. The number of hydrogen-bond donors (Lipinski definition) is 0. The summed E-state index contributed by atoms with van der Waals surface area (Å²) in [5.41, 5.74) is 3.05. The van der Waals surface area contributed by atoms with Crippen LogP contribution in [0.15, 0.2) is 81.9 Å². The molecule has 4 aromatic rings. The molecule has 0 saturated carbocycles. The number of ether oxygens (including phenoxy) is 1. The van der Waals surface area contributed by atoms with E-state index < -0.39 is 0 Å². The first kappa shape index (κ1) is 21.5. The third-order valence-electron chi connectivity index (χ3n) is 4.96. The highest BCUT2D eigenvalue weighted by Gasteiger charge is 2.18. The Hall–Kier alpha value is -3.71. The Morgan fingerprint density at radius 3 is 2.72 bits per heavy atom. The van der Waals surface area contributed by atoms with E-state index in [0.717, 1.165) is 16.7 Å². The molecule has 0 spiro atoms. The van der Waals surface area contributed by atoms with Gasteiger partial charge in [-0.3, -0.25) is 4.79 Å². The van der Waals surface area contributed by atoms with E-state index in [4.69, 9.17) is 13.7 Å². The zero-order valence-electron chi connectivity index (χ0n) is 17.9. The van der Waals surface area contributed by atoms with E-state index in [9.17, 15) is 4.79 Å². The first-order valence-corrected chi connectivity index (χ1v) is 10.5. The van der Waals surface area contributed by atoms with E-state index in [0.29, 0.717) is 43.6 Å². The van der Waals surface area contributed by atoms with Gasteiger partial charge < -0.3 is 18.6 Å². The molecule has 0 saturated heterocycles. The Balaban J connectivity index is 1.36. The van der Waals surface area contributed by atoms with E-state index in [1.54, 1.807) is 17.2 Å². The van der Waals surface area contributed by atoms with Crippen LogP contribution in [0.2, 0.25) is 0 Å². The fraction of sp³-hybridized carbons (Fsp3) is 0.240. The van der Waals surface area contributed by atoms with Crippen molar-refractivity contribution in [2.24, 2.45) is 0 Å². The molecular weight excluding hydrogens is 406 g/mol. The predicted octanol–water partition coefficient (Wildman–Crippen LogP) is 4.43. The molecule has 0 aliphatic carbocycles. The second-order valence-corrected chi connectivity index (χ2v) is 7.50. The number of rotatable bonds is 10. The van der Waals surface area contributed by atoms with Crippen LogP contribution in [0.4, 0.5) is 0 Å². The summed E-state index contributed by atoms with van der Waals surface area (Å²) in [7, 11) is 0. The lowest BCUT2D eigenvalue weighted by atomic mass is 10.1.